The normalized spacial score (nSPS) is 20.1. The standard InChI is InChI=1S/C33H36N2O9S/c1-20(2)31(37)44-28-21(3)43-33(39)25(18-41-32(38)24(28)17-22-11-7-5-8-12-22)35-30(36)27-29(26(40-4)15-16-34-27)42-19-45-23-13-9-6-10-14-23/h5-16,20-21,24-25,28H,17-19H2,1-4H3,(H,35,36)/t21-,24+,25-,28-/m0/s1. The molecule has 12 heteroatoms. The van der Waals surface area contributed by atoms with E-state index in [1.54, 1.807) is 19.9 Å². The first kappa shape index (κ1) is 33.3. The van der Waals surface area contributed by atoms with Crippen molar-refractivity contribution in [2.24, 2.45) is 11.8 Å². The number of hydrogen-bond acceptors (Lipinski definition) is 11. The van der Waals surface area contributed by atoms with Crippen LogP contribution in [-0.4, -0.2) is 66.7 Å². The molecule has 1 N–H and O–H groups in total. The van der Waals surface area contributed by atoms with Gasteiger partial charge in [0.15, 0.2) is 29.3 Å². The minimum Gasteiger partial charge on any atom is -0.493 e. The second-order valence-electron chi connectivity index (χ2n) is 10.6. The molecule has 1 aliphatic heterocycles. The van der Waals surface area contributed by atoms with E-state index < -0.39 is 60.5 Å². The fourth-order valence-electron chi connectivity index (χ4n) is 4.54. The second-order valence-corrected chi connectivity index (χ2v) is 11.6. The molecule has 1 aliphatic rings. The van der Waals surface area contributed by atoms with Crippen LogP contribution in [0.5, 0.6) is 11.5 Å². The highest BCUT2D eigenvalue weighted by Gasteiger charge is 2.42. The predicted octanol–water partition coefficient (Wildman–Crippen LogP) is 4.23. The van der Waals surface area contributed by atoms with Crippen LogP contribution in [0.25, 0.3) is 0 Å². The van der Waals surface area contributed by atoms with Gasteiger partial charge < -0.3 is 29.0 Å². The lowest BCUT2D eigenvalue weighted by Gasteiger charge is -2.29. The summed E-state index contributed by atoms with van der Waals surface area (Å²) in [7, 11) is 1.43. The fraction of sp³-hybridized carbons (Fsp3) is 0.364. The van der Waals surface area contributed by atoms with Gasteiger partial charge >= 0.3 is 17.9 Å². The summed E-state index contributed by atoms with van der Waals surface area (Å²) in [4.78, 5) is 58.0. The molecular formula is C33H36N2O9S. The Morgan fingerprint density at radius 1 is 1.02 bits per heavy atom. The number of benzene rings is 2. The van der Waals surface area contributed by atoms with Gasteiger partial charge in [-0.3, -0.25) is 14.4 Å². The maximum atomic E-state index is 13.5. The molecule has 45 heavy (non-hydrogen) atoms. The number of rotatable bonds is 11. The summed E-state index contributed by atoms with van der Waals surface area (Å²) in [5.74, 6) is -3.89. The van der Waals surface area contributed by atoms with E-state index in [1.807, 2.05) is 60.7 Å². The monoisotopic (exact) mass is 636 g/mol. The molecule has 2 aromatic carbocycles. The molecule has 0 aliphatic carbocycles. The summed E-state index contributed by atoms with van der Waals surface area (Å²) in [6.45, 7) is 4.34. The van der Waals surface area contributed by atoms with Crippen molar-refractivity contribution in [2.45, 2.75) is 50.3 Å². The minimum atomic E-state index is -1.39. The van der Waals surface area contributed by atoms with Gasteiger partial charge in [-0.1, -0.05) is 74.1 Å². The van der Waals surface area contributed by atoms with Crippen molar-refractivity contribution in [1.82, 2.24) is 10.3 Å². The third-order valence-corrected chi connectivity index (χ3v) is 7.78. The highest BCUT2D eigenvalue weighted by molar-refractivity contribution is 7.99. The molecular weight excluding hydrogens is 600 g/mol. The third-order valence-electron chi connectivity index (χ3n) is 6.94. The lowest BCUT2D eigenvalue weighted by Crippen LogP contribution is -2.47. The van der Waals surface area contributed by atoms with Crippen LogP contribution in [0.15, 0.2) is 77.8 Å². The molecule has 0 bridgehead atoms. The number of hydrogen-bond donors (Lipinski definition) is 1. The van der Waals surface area contributed by atoms with Crippen molar-refractivity contribution in [3.05, 3.63) is 84.2 Å². The fourth-order valence-corrected chi connectivity index (χ4v) is 5.21. The summed E-state index contributed by atoms with van der Waals surface area (Å²) in [6.07, 6.45) is -0.628. The average molecular weight is 637 g/mol. The van der Waals surface area contributed by atoms with Gasteiger partial charge in [0.1, 0.15) is 24.6 Å². The molecule has 4 rings (SSSR count). The van der Waals surface area contributed by atoms with Gasteiger partial charge in [0, 0.05) is 17.2 Å². The van der Waals surface area contributed by atoms with E-state index in [0.717, 1.165) is 10.5 Å². The van der Waals surface area contributed by atoms with E-state index in [1.165, 1.54) is 32.0 Å². The number of thioether (sulfide) groups is 1. The van der Waals surface area contributed by atoms with E-state index in [-0.39, 0.29) is 29.6 Å². The predicted molar refractivity (Wildman–Crippen MR) is 165 cm³/mol. The second kappa shape index (κ2) is 15.9. The Morgan fingerprint density at radius 3 is 2.38 bits per heavy atom. The molecule has 1 amide bonds. The topological polar surface area (TPSA) is 139 Å². The molecule has 0 radical (unpaired) electrons. The lowest BCUT2D eigenvalue weighted by atomic mass is 9.91. The van der Waals surface area contributed by atoms with Crippen LogP contribution in [-0.2, 0) is 35.0 Å². The molecule has 0 unspecified atom stereocenters. The zero-order chi connectivity index (χ0) is 32.3. The Morgan fingerprint density at radius 2 is 1.71 bits per heavy atom. The zero-order valence-electron chi connectivity index (χ0n) is 25.5. The Kier molecular flexibility index (Phi) is 11.8. The van der Waals surface area contributed by atoms with Crippen molar-refractivity contribution in [3.8, 4) is 11.5 Å². The van der Waals surface area contributed by atoms with E-state index in [4.69, 9.17) is 23.7 Å². The quantitative estimate of drug-likeness (QED) is 0.140. The maximum absolute atomic E-state index is 13.5. The smallest absolute Gasteiger partial charge is 0.332 e. The summed E-state index contributed by atoms with van der Waals surface area (Å²) in [5.41, 5.74) is 0.662. The largest absolute Gasteiger partial charge is 0.493 e. The van der Waals surface area contributed by atoms with Gasteiger partial charge in [-0.15, -0.1) is 0 Å². The molecule has 238 valence electrons. The van der Waals surface area contributed by atoms with Gasteiger partial charge in [0.05, 0.1) is 13.0 Å². The van der Waals surface area contributed by atoms with Gasteiger partial charge in [-0.2, -0.15) is 0 Å². The molecule has 11 nitrogen and oxygen atoms in total. The van der Waals surface area contributed by atoms with Gasteiger partial charge in [0.25, 0.3) is 5.91 Å². The van der Waals surface area contributed by atoms with E-state index in [0.29, 0.717) is 0 Å². The third kappa shape index (κ3) is 8.98. The minimum absolute atomic E-state index is 0.0753. The van der Waals surface area contributed by atoms with Crippen molar-refractivity contribution in [2.75, 3.05) is 19.7 Å². The molecule has 1 fully saturated rings. The number of ether oxygens (including phenoxy) is 5. The molecule has 1 saturated heterocycles. The van der Waals surface area contributed by atoms with Crippen LogP contribution < -0.4 is 14.8 Å². The van der Waals surface area contributed by atoms with Gasteiger partial charge in [-0.25, -0.2) is 9.78 Å². The number of carbonyl (C=O) groups excluding carboxylic acids is 4. The number of nitrogens with zero attached hydrogens (tertiary/aromatic N) is 1. The number of carbonyl (C=O) groups is 4. The number of amides is 1. The molecule has 3 aromatic rings. The van der Waals surface area contributed by atoms with Crippen LogP contribution in [0.1, 0.15) is 36.8 Å². The van der Waals surface area contributed by atoms with E-state index in [2.05, 4.69) is 10.3 Å². The van der Waals surface area contributed by atoms with Crippen LogP contribution in [0.4, 0.5) is 0 Å². The number of esters is 3. The molecule has 4 atom stereocenters. The van der Waals surface area contributed by atoms with E-state index in [9.17, 15) is 19.2 Å². The maximum Gasteiger partial charge on any atom is 0.332 e. The average Bonchev–Trinajstić information content (AvgIpc) is 3.07. The molecule has 1 aromatic heterocycles. The van der Waals surface area contributed by atoms with E-state index >= 15 is 0 Å². The van der Waals surface area contributed by atoms with Crippen LogP contribution >= 0.6 is 11.8 Å². The highest BCUT2D eigenvalue weighted by Crippen LogP contribution is 2.31. The first-order valence-electron chi connectivity index (χ1n) is 14.4. The van der Waals surface area contributed by atoms with Crippen LogP contribution in [0.3, 0.4) is 0 Å². The van der Waals surface area contributed by atoms with Crippen LogP contribution in [0.2, 0.25) is 0 Å². The number of pyridine rings is 1. The zero-order valence-corrected chi connectivity index (χ0v) is 26.3. The van der Waals surface area contributed by atoms with Crippen molar-refractivity contribution in [1.29, 1.82) is 0 Å². The van der Waals surface area contributed by atoms with Crippen molar-refractivity contribution in [3.63, 3.8) is 0 Å². The lowest BCUT2D eigenvalue weighted by molar-refractivity contribution is -0.176. The summed E-state index contributed by atoms with van der Waals surface area (Å²) in [5, 5.41) is 2.56. The Balaban J connectivity index is 1.54. The van der Waals surface area contributed by atoms with Crippen molar-refractivity contribution >= 4 is 35.6 Å². The number of cyclic esters (lactones) is 2. The summed E-state index contributed by atoms with van der Waals surface area (Å²) in [6, 6.07) is 18.9. The van der Waals surface area contributed by atoms with Crippen LogP contribution in [0, 0.1) is 11.8 Å². The Bertz CT molecular complexity index is 1470. The van der Waals surface area contributed by atoms with Gasteiger partial charge in [-0.05, 0) is 31.0 Å². The Hall–Kier alpha value is -4.58. The van der Waals surface area contributed by atoms with Gasteiger partial charge in [0.2, 0.25) is 0 Å². The molecule has 0 spiro atoms. The SMILES string of the molecule is COc1ccnc(C(=O)N[C@H]2COC(=O)[C@H](Cc3ccccc3)[C@@H](OC(=O)C(C)C)[C@H](C)OC2=O)c1OCSc1ccccc1. The summed E-state index contributed by atoms with van der Waals surface area (Å²) < 4.78 is 28.2. The first-order chi connectivity index (χ1) is 21.7. The van der Waals surface area contributed by atoms with Crippen molar-refractivity contribution < 1.29 is 42.9 Å². The molecule has 0 saturated carbocycles. The highest BCUT2D eigenvalue weighted by atomic mass is 32.2. The molecule has 2 heterocycles. The Labute approximate surface area is 265 Å². The summed E-state index contributed by atoms with van der Waals surface area (Å²) >= 11 is 1.40. The number of aromatic nitrogens is 1. The first-order valence-corrected chi connectivity index (χ1v) is 15.4. The number of nitrogens with one attached hydrogen (secondary N) is 1. The number of methoxy groups -OCH3 is 1.